The monoisotopic (exact) mass is 787 g/mol. The quantitative estimate of drug-likeness (QED) is 0.0811. The van der Waals surface area contributed by atoms with Crippen LogP contribution in [0.1, 0.15) is 54.4 Å². The van der Waals surface area contributed by atoms with Crippen LogP contribution in [0.4, 0.5) is 0 Å². The summed E-state index contributed by atoms with van der Waals surface area (Å²) in [6, 6.07) is 16.8. The van der Waals surface area contributed by atoms with E-state index in [1.807, 2.05) is 30.3 Å². The van der Waals surface area contributed by atoms with Gasteiger partial charge in [0, 0.05) is 18.9 Å². The molecule has 7 unspecified atom stereocenters. The molecule has 0 spiro atoms. The maximum Gasteiger partial charge on any atom is 0.336 e. The molecule has 3 aliphatic rings. The second kappa shape index (κ2) is 18.0. The number of aliphatic carboxylic acids is 1. The van der Waals surface area contributed by atoms with Gasteiger partial charge >= 0.3 is 5.97 Å². The number of carboxylic acid groups (broad SMARTS) is 1. The fourth-order valence-corrected chi connectivity index (χ4v) is 8.24. The molecule has 1 saturated carbocycles. The average Bonchev–Trinajstić information content (AvgIpc) is 3.20. The fraction of sp³-hybridized carbons (Fsp3) is 0.419. The summed E-state index contributed by atoms with van der Waals surface area (Å²) >= 11 is 0. The zero-order valence-electron chi connectivity index (χ0n) is 31.4. The Morgan fingerprint density at radius 1 is 0.930 bits per heavy atom. The number of rotatable bonds is 16. The van der Waals surface area contributed by atoms with Gasteiger partial charge in [-0.25, -0.2) is 4.79 Å². The number of aryl methyl sites for hydroxylation is 1. The van der Waals surface area contributed by atoms with Gasteiger partial charge in [-0.15, -0.1) is 0 Å². The Bertz CT molecular complexity index is 1980. The van der Waals surface area contributed by atoms with Crippen molar-refractivity contribution in [3.63, 3.8) is 0 Å². The van der Waals surface area contributed by atoms with E-state index in [2.05, 4.69) is 0 Å². The summed E-state index contributed by atoms with van der Waals surface area (Å²) < 4.78 is 24.4. The number of phenolic OH excluding ortho intramolecular Hbond substituents is 3. The van der Waals surface area contributed by atoms with Gasteiger partial charge in [0.1, 0.15) is 24.9 Å². The second-order valence-corrected chi connectivity index (χ2v) is 14.9. The maximum atomic E-state index is 14.4. The van der Waals surface area contributed by atoms with Gasteiger partial charge in [0.2, 0.25) is 0 Å². The maximum absolute atomic E-state index is 14.4. The average molecular weight is 788 g/mol. The van der Waals surface area contributed by atoms with E-state index in [-0.39, 0.29) is 62.0 Å². The molecule has 57 heavy (non-hydrogen) atoms. The number of carboxylic acids is 1. The lowest BCUT2D eigenvalue weighted by Crippen LogP contribution is -2.70. The summed E-state index contributed by atoms with van der Waals surface area (Å²) in [5, 5.41) is 62.5. The van der Waals surface area contributed by atoms with Crippen LogP contribution in [0.3, 0.4) is 0 Å². The highest BCUT2D eigenvalue weighted by molar-refractivity contribution is 6.00. The lowest BCUT2D eigenvalue weighted by Gasteiger charge is -2.56. The Morgan fingerprint density at radius 2 is 1.70 bits per heavy atom. The fourth-order valence-electron chi connectivity index (χ4n) is 8.24. The van der Waals surface area contributed by atoms with E-state index in [1.54, 1.807) is 6.07 Å². The van der Waals surface area contributed by atoms with Crippen LogP contribution in [0.5, 0.6) is 23.0 Å². The van der Waals surface area contributed by atoms with Gasteiger partial charge in [0.25, 0.3) is 0 Å². The SMILES string of the molecule is NCCOc1ccc(C=CC(=O)COC2(C(=O)O)CC(O)C3OCC(CCc4ccccc4)CC4(C(=O)C=Cc5cc(O)c(O)cc5CO)CCC2C3O4)cc1O. The third-order valence-electron chi connectivity index (χ3n) is 11.2. The molecule has 2 saturated heterocycles. The van der Waals surface area contributed by atoms with Gasteiger partial charge in [0.15, 0.2) is 40.2 Å². The highest BCUT2D eigenvalue weighted by atomic mass is 16.6. The van der Waals surface area contributed by atoms with Crippen LogP contribution >= 0.6 is 0 Å². The summed E-state index contributed by atoms with van der Waals surface area (Å²) in [5.41, 5.74) is 4.07. The molecule has 304 valence electrons. The minimum Gasteiger partial charge on any atom is -0.504 e. The molecular weight excluding hydrogens is 738 g/mol. The van der Waals surface area contributed by atoms with Crippen molar-refractivity contribution in [3.8, 4) is 23.0 Å². The van der Waals surface area contributed by atoms with Gasteiger partial charge in [-0.3, -0.25) is 9.59 Å². The topological polar surface area (TPSA) is 236 Å². The molecule has 6 rings (SSSR count). The Morgan fingerprint density at radius 3 is 2.42 bits per heavy atom. The number of aliphatic hydroxyl groups is 2. The number of carbonyl (C=O) groups excluding carboxylic acids is 2. The molecule has 0 amide bonds. The molecule has 3 aromatic carbocycles. The Balaban J connectivity index is 1.25. The van der Waals surface area contributed by atoms with E-state index in [4.69, 9.17) is 24.7 Å². The van der Waals surface area contributed by atoms with E-state index in [0.29, 0.717) is 24.0 Å². The molecule has 2 heterocycles. The highest BCUT2D eigenvalue weighted by Gasteiger charge is 2.64. The molecule has 14 heteroatoms. The number of nitrogens with two attached hydrogens (primary N) is 1. The van der Waals surface area contributed by atoms with Crippen molar-refractivity contribution in [2.24, 2.45) is 17.6 Å². The van der Waals surface area contributed by atoms with Crippen LogP contribution in [-0.2, 0) is 41.6 Å². The molecule has 1 aliphatic carbocycles. The zero-order chi connectivity index (χ0) is 40.7. The molecule has 3 fully saturated rings. The standard InChI is InChI=1S/C43H49NO13/c44-16-17-54-37-12-9-27(18-35(37)49)8-11-31(46)25-56-43(41(52)53)22-36(50)40-39-32(43)14-15-42(57-39,21-28(24-55-40)7-6-26-4-2-1-3-5-26)38(51)13-10-29-19-33(47)34(48)20-30(29)23-45/h1-5,8-13,18-20,28,32,36,39-40,45,47-50H,6-7,14-17,21-25,44H2,(H,52,53). The van der Waals surface area contributed by atoms with Crippen molar-refractivity contribution >= 4 is 29.7 Å². The van der Waals surface area contributed by atoms with E-state index in [9.17, 15) is 45.0 Å². The van der Waals surface area contributed by atoms with Crippen molar-refractivity contribution < 1.29 is 64.0 Å². The largest absolute Gasteiger partial charge is 0.504 e. The van der Waals surface area contributed by atoms with Crippen LogP contribution in [0, 0.1) is 11.8 Å². The van der Waals surface area contributed by atoms with Gasteiger partial charge in [-0.05, 0) is 96.7 Å². The number of fused-ring (bicyclic) bond motifs is 1. The number of benzene rings is 3. The predicted molar refractivity (Wildman–Crippen MR) is 206 cm³/mol. The van der Waals surface area contributed by atoms with Crippen molar-refractivity contribution in [1.82, 2.24) is 0 Å². The van der Waals surface area contributed by atoms with E-state index in [0.717, 1.165) is 5.56 Å². The summed E-state index contributed by atoms with van der Waals surface area (Å²) in [5.74, 6) is -4.28. The third-order valence-corrected chi connectivity index (χ3v) is 11.2. The first-order valence-corrected chi connectivity index (χ1v) is 19.0. The summed E-state index contributed by atoms with van der Waals surface area (Å²) in [6.45, 7) is -0.473. The molecule has 3 aromatic rings. The van der Waals surface area contributed by atoms with Gasteiger partial charge in [-0.1, -0.05) is 48.6 Å². The molecule has 2 bridgehead atoms. The van der Waals surface area contributed by atoms with Crippen LogP contribution in [0.15, 0.2) is 72.8 Å². The zero-order valence-corrected chi connectivity index (χ0v) is 31.4. The molecule has 0 aromatic heterocycles. The molecule has 0 radical (unpaired) electrons. The van der Waals surface area contributed by atoms with Gasteiger partial charge in [-0.2, -0.15) is 0 Å². The highest BCUT2D eigenvalue weighted by Crippen LogP contribution is 2.51. The minimum atomic E-state index is -2.07. The van der Waals surface area contributed by atoms with E-state index in [1.165, 1.54) is 48.6 Å². The van der Waals surface area contributed by atoms with Crippen LogP contribution in [-0.4, -0.2) is 104 Å². The van der Waals surface area contributed by atoms with E-state index >= 15 is 0 Å². The summed E-state index contributed by atoms with van der Waals surface area (Å²) in [4.78, 5) is 40.7. The van der Waals surface area contributed by atoms with Crippen LogP contribution < -0.4 is 10.5 Å². The summed E-state index contributed by atoms with van der Waals surface area (Å²) in [7, 11) is 0. The van der Waals surface area contributed by atoms with Gasteiger partial charge < -0.3 is 55.3 Å². The third kappa shape index (κ3) is 9.22. The number of hydrogen-bond acceptors (Lipinski definition) is 13. The van der Waals surface area contributed by atoms with Crippen molar-refractivity contribution in [2.75, 3.05) is 26.4 Å². The molecule has 7 atom stereocenters. The first-order chi connectivity index (χ1) is 27.4. The van der Waals surface area contributed by atoms with Crippen molar-refractivity contribution in [1.29, 1.82) is 0 Å². The second-order valence-electron chi connectivity index (χ2n) is 14.9. The first-order valence-electron chi connectivity index (χ1n) is 19.0. The Kier molecular flexibility index (Phi) is 13.1. The summed E-state index contributed by atoms with van der Waals surface area (Å²) in [6.07, 6.45) is 3.23. The van der Waals surface area contributed by atoms with Crippen LogP contribution in [0.2, 0.25) is 0 Å². The normalized spacial score (nSPS) is 27.2. The molecule has 14 nitrogen and oxygen atoms in total. The van der Waals surface area contributed by atoms with E-state index < -0.39 is 84.1 Å². The Labute approximate surface area is 329 Å². The number of ketones is 2. The lowest BCUT2D eigenvalue weighted by molar-refractivity contribution is -0.288. The molecule has 2 aliphatic heterocycles. The number of aromatic hydroxyl groups is 3. The Hall–Kier alpha value is -5.09. The number of hydrogen-bond donors (Lipinski definition) is 7. The smallest absolute Gasteiger partial charge is 0.336 e. The number of phenols is 3. The van der Waals surface area contributed by atoms with Crippen LogP contribution in [0.25, 0.3) is 12.2 Å². The number of ether oxygens (including phenoxy) is 4. The number of aliphatic hydroxyl groups excluding tert-OH is 2. The minimum absolute atomic E-state index is 0.0937. The first kappa shape index (κ1) is 41.5. The lowest BCUT2D eigenvalue weighted by atomic mass is 9.64. The van der Waals surface area contributed by atoms with Gasteiger partial charge in [0.05, 0.1) is 25.4 Å². The predicted octanol–water partition coefficient (Wildman–Crippen LogP) is 3.67. The number of carbonyl (C=O) groups is 3. The molecular formula is C43H49NO13. The van der Waals surface area contributed by atoms with Crippen molar-refractivity contribution in [3.05, 3.63) is 95.1 Å². The molecule has 8 N–H and O–H groups in total. The van der Waals surface area contributed by atoms with Crippen molar-refractivity contribution in [2.45, 2.75) is 74.6 Å².